The van der Waals surface area contributed by atoms with Gasteiger partial charge in [-0.15, -0.1) is 11.3 Å². The van der Waals surface area contributed by atoms with E-state index in [4.69, 9.17) is 4.74 Å². The predicted octanol–water partition coefficient (Wildman–Crippen LogP) is 4.42. The van der Waals surface area contributed by atoms with E-state index < -0.39 is 11.9 Å². The molecule has 4 heterocycles. The van der Waals surface area contributed by atoms with E-state index in [0.29, 0.717) is 57.0 Å². The first-order valence-corrected chi connectivity index (χ1v) is 12.4. The van der Waals surface area contributed by atoms with Crippen LogP contribution in [0.15, 0.2) is 36.5 Å². The number of ether oxygens (including phenoxy) is 1. The lowest BCUT2D eigenvalue weighted by Gasteiger charge is -2.13. The van der Waals surface area contributed by atoms with E-state index in [9.17, 15) is 14.7 Å². The monoisotopic (exact) mass is 494 g/mol. The lowest BCUT2D eigenvalue weighted by molar-refractivity contribution is 0.0769. The molecule has 10 heteroatoms. The highest BCUT2D eigenvalue weighted by atomic mass is 32.1. The molecule has 3 aromatic heterocycles. The second-order valence-electron chi connectivity index (χ2n) is 9.09. The number of thiophene rings is 1. The van der Waals surface area contributed by atoms with E-state index in [2.05, 4.69) is 10.3 Å². The van der Waals surface area contributed by atoms with Crippen LogP contribution in [0.1, 0.15) is 34.6 Å². The van der Waals surface area contributed by atoms with Crippen LogP contribution >= 0.6 is 11.3 Å². The molecule has 1 saturated heterocycles. The van der Waals surface area contributed by atoms with Crippen LogP contribution in [0.25, 0.3) is 21.1 Å². The molecule has 1 saturated carbocycles. The van der Waals surface area contributed by atoms with E-state index in [1.165, 1.54) is 22.0 Å². The zero-order valence-corrected chi connectivity index (χ0v) is 19.8. The van der Waals surface area contributed by atoms with Crippen molar-refractivity contribution in [3.8, 4) is 11.5 Å². The fourth-order valence-electron chi connectivity index (χ4n) is 4.47. The summed E-state index contributed by atoms with van der Waals surface area (Å²) in [6.45, 7) is 2.59. The molecule has 2 N–H and O–H groups in total. The minimum atomic E-state index is -0.563. The molecule has 180 valence electrons. The normalized spacial score (nSPS) is 17.9. The largest absolute Gasteiger partial charge is 0.453 e. The number of amides is 2. The number of aliphatic hydroxyl groups is 1. The third-order valence-corrected chi connectivity index (χ3v) is 7.56. The van der Waals surface area contributed by atoms with Crippen molar-refractivity contribution in [1.82, 2.24) is 19.8 Å². The number of nitrogens with zero attached hydrogens (tertiary/aromatic N) is 3. The van der Waals surface area contributed by atoms with Gasteiger partial charge in [-0.05, 0) is 50.5 Å². The van der Waals surface area contributed by atoms with Gasteiger partial charge in [0.2, 0.25) is 0 Å². The van der Waals surface area contributed by atoms with Gasteiger partial charge in [0.15, 0.2) is 11.6 Å². The summed E-state index contributed by atoms with van der Waals surface area (Å²) in [7, 11) is 0. The van der Waals surface area contributed by atoms with Crippen LogP contribution in [0.2, 0.25) is 0 Å². The maximum absolute atomic E-state index is 15.5. The first-order chi connectivity index (χ1) is 16.9. The van der Waals surface area contributed by atoms with Gasteiger partial charge in [0, 0.05) is 42.5 Å². The molecule has 1 aromatic carbocycles. The number of likely N-dealkylation sites (tertiary alicyclic amines) is 1. The SMILES string of the molecule is Cc1cc2c(F)c(Oc3ccnc4cc(C(=O)N5CCC(O)C5)sc34)ccc2n1C(=O)NC1CC1. The van der Waals surface area contributed by atoms with Crippen LogP contribution in [0.3, 0.4) is 0 Å². The minimum absolute atomic E-state index is 0.0219. The summed E-state index contributed by atoms with van der Waals surface area (Å²) < 4.78 is 23.6. The van der Waals surface area contributed by atoms with Crippen LogP contribution in [-0.2, 0) is 0 Å². The lowest BCUT2D eigenvalue weighted by Crippen LogP contribution is -2.30. The van der Waals surface area contributed by atoms with Crippen LogP contribution in [0.5, 0.6) is 11.5 Å². The van der Waals surface area contributed by atoms with Crippen LogP contribution in [0, 0.1) is 12.7 Å². The second-order valence-corrected chi connectivity index (χ2v) is 10.1. The Morgan fingerprint density at radius 2 is 2.03 bits per heavy atom. The van der Waals surface area contributed by atoms with Crippen LogP contribution in [-0.4, -0.2) is 56.7 Å². The van der Waals surface area contributed by atoms with Crippen molar-refractivity contribution in [2.24, 2.45) is 0 Å². The maximum Gasteiger partial charge on any atom is 0.326 e. The number of carbonyl (C=O) groups excluding carboxylic acids is 2. The van der Waals surface area contributed by atoms with Crippen molar-refractivity contribution in [1.29, 1.82) is 0 Å². The second kappa shape index (κ2) is 8.31. The van der Waals surface area contributed by atoms with Gasteiger partial charge in [-0.2, -0.15) is 0 Å². The maximum atomic E-state index is 15.5. The quantitative estimate of drug-likeness (QED) is 0.438. The van der Waals surface area contributed by atoms with Crippen molar-refractivity contribution >= 4 is 44.4 Å². The van der Waals surface area contributed by atoms with Gasteiger partial charge >= 0.3 is 6.03 Å². The summed E-state index contributed by atoms with van der Waals surface area (Å²) in [6.07, 6.45) is 3.55. The van der Waals surface area contributed by atoms with Crippen molar-refractivity contribution in [2.75, 3.05) is 13.1 Å². The molecule has 35 heavy (non-hydrogen) atoms. The topological polar surface area (TPSA) is 96.7 Å². The highest BCUT2D eigenvalue weighted by Gasteiger charge is 2.28. The molecule has 1 aliphatic carbocycles. The molecule has 2 fully saturated rings. The first-order valence-electron chi connectivity index (χ1n) is 11.5. The van der Waals surface area contributed by atoms with Crippen molar-refractivity contribution in [2.45, 2.75) is 38.3 Å². The standard InChI is InChI=1S/C25H23FN4O4S/c1-13-10-16-18(30(13)25(33)28-14-2-3-14)4-5-19(22(16)26)34-20-6-8-27-17-11-21(35-23(17)20)24(32)29-9-7-15(31)12-29/h4-6,8,10-11,14-15,31H,2-3,7,9,12H2,1H3,(H,28,33). The van der Waals surface area contributed by atoms with Gasteiger partial charge in [0.05, 0.1) is 26.7 Å². The number of nitrogens with one attached hydrogen (secondary N) is 1. The predicted molar refractivity (Wildman–Crippen MR) is 130 cm³/mol. The van der Waals surface area contributed by atoms with E-state index in [-0.39, 0.29) is 23.7 Å². The number of hydrogen-bond acceptors (Lipinski definition) is 6. The third kappa shape index (κ3) is 3.92. The van der Waals surface area contributed by atoms with Gasteiger partial charge in [-0.25, -0.2) is 9.18 Å². The number of aromatic nitrogens is 2. The molecular formula is C25H23FN4O4S. The smallest absolute Gasteiger partial charge is 0.326 e. The molecule has 1 unspecified atom stereocenters. The molecule has 0 bridgehead atoms. The van der Waals surface area contributed by atoms with E-state index >= 15 is 4.39 Å². The summed E-state index contributed by atoms with van der Waals surface area (Å²) in [5.74, 6) is -0.313. The Balaban J connectivity index is 1.32. The summed E-state index contributed by atoms with van der Waals surface area (Å²) in [6, 6.07) is 8.09. The van der Waals surface area contributed by atoms with Gasteiger partial charge in [0.1, 0.15) is 5.75 Å². The first kappa shape index (κ1) is 22.0. The lowest BCUT2D eigenvalue weighted by atomic mass is 10.2. The summed E-state index contributed by atoms with van der Waals surface area (Å²) in [4.78, 5) is 31.9. The zero-order valence-electron chi connectivity index (χ0n) is 19.0. The number of benzene rings is 1. The van der Waals surface area contributed by atoms with Gasteiger partial charge in [-0.3, -0.25) is 14.3 Å². The molecule has 0 radical (unpaired) electrons. The molecule has 6 rings (SSSR count). The van der Waals surface area contributed by atoms with E-state index in [1.54, 1.807) is 42.3 Å². The molecule has 8 nitrogen and oxygen atoms in total. The van der Waals surface area contributed by atoms with Crippen molar-refractivity contribution in [3.05, 3.63) is 52.9 Å². The molecule has 2 aliphatic rings. The number of carbonyl (C=O) groups is 2. The van der Waals surface area contributed by atoms with Crippen LogP contribution < -0.4 is 10.1 Å². The Kier molecular flexibility index (Phi) is 5.23. The van der Waals surface area contributed by atoms with Gasteiger partial charge < -0.3 is 20.1 Å². The molecule has 0 spiro atoms. The van der Waals surface area contributed by atoms with E-state index in [1.807, 2.05) is 0 Å². The highest BCUT2D eigenvalue weighted by Crippen LogP contribution is 2.38. The Labute approximate surface area is 203 Å². The number of β-amino-alcohol motifs (C(OH)–C–C–N with tert-alkyl or cyclic N) is 1. The zero-order chi connectivity index (χ0) is 24.3. The molecular weight excluding hydrogens is 471 g/mol. The average molecular weight is 495 g/mol. The fraction of sp³-hybridized carbons (Fsp3) is 0.320. The Bertz CT molecular complexity index is 1490. The molecule has 2 amide bonds. The number of hydrogen-bond donors (Lipinski definition) is 2. The summed E-state index contributed by atoms with van der Waals surface area (Å²) in [5, 5.41) is 13.0. The van der Waals surface area contributed by atoms with Gasteiger partial charge in [-0.1, -0.05) is 0 Å². The number of pyridine rings is 1. The van der Waals surface area contributed by atoms with Crippen molar-refractivity contribution in [3.63, 3.8) is 0 Å². The number of rotatable bonds is 4. The highest BCUT2D eigenvalue weighted by molar-refractivity contribution is 7.21. The minimum Gasteiger partial charge on any atom is -0.453 e. The van der Waals surface area contributed by atoms with E-state index in [0.717, 1.165) is 12.8 Å². The van der Waals surface area contributed by atoms with Gasteiger partial charge in [0.25, 0.3) is 5.91 Å². The Morgan fingerprint density at radius 1 is 1.20 bits per heavy atom. The molecule has 4 aromatic rings. The fourth-order valence-corrected chi connectivity index (χ4v) is 5.51. The number of halogens is 1. The van der Waals surface area contributed by atoms with Crippen molar-refractivity contribution < 1.29 is 23.8 Å². The summed E-state index contributed by atoms with van der Waals surface area (Å²) in [5.41, 5.74) is 1.69. The molecule has 1 aliphatic heterocycles. The van der Waals surface area contributed by atoms with Crippen LogP contribution in [0.4, 0.5) is 9.18 Å². The summed E-state index contributed by atoms with van der Waals surface area (Å²) >= 11 is 1.23. The number of aliphatic hydroxyl groups excluding tert-OH is 1. The Hall–Kier alpha value is -3.50. The third-order valence-electron chi connectivity index (χ3n) is 6.43. The number of aryl methyl sites for hydroxylation is 1. The number of fused-ring (bicyclic) bond motifs is 2. The Morgan fingerprint density at radius 3 is 2.77 bits per heavy atom. The molecule has 1 atom stereocenters. The average Bonchev–Trinajstić information content (AvgIpc) is 3.22.